The molecule has 0 spiro atoms. The second-order valence-corrected chi connectivity index (χ2v) is 6.15. The number of carbonyl (C=O) groups excluding carboxylic acids is 1. The fourth-order valence-electron chi connectivity index (χ4n) is 1.79. The first-order chi connectivity index (χ1) is 9.15. The molecule has 3 rings (SSSR count). The normalized spacial score (nSPS) is 14.2. The van der Waals surface area contributed by atoms with E-state index in [0.29, 0.717) is 28.0 Å². The first-order valence-electron chi connectivity index (χ1n) is 5.34. The Hall–Kier alpha value is -1.18. The fraction of sp³-hybridized carbons (Fsp3) is 0.182. The SMILES string of the molecule is O=C1COc2ccc(Br)cc2N1Cc1nnsc1Cl. The number of fused-ring (bicyclic) bond motifs is 1. The Morgan fingerprint density at radius 2 is 2.37 bits per heavy atom. The van der Waals surface area contributed by atoms with Crippen LogP contribution in [0.2, 0.25) is 4.34 Å². The third kappa shape index (κ3) is 2.45. The molecular weight excluding hydrogens is 354 g/mol. The van der Waals surface area contributed by atoms with E-state index in [4.69, 9.17) is 16.3 Å². The van der Waals surface area contributed by atoms with E-state index >= 15 is 0 Å². The van der Waals surface area contributed by atoms with Gasteiger partial charge in [-0.15, -0.1) is 5.10 Å². The van der Waals surface area contributed by atoms with E-state index in [-0.39, 0.29) is 12.5 Å². The highest BCUT2D eigenvalue weighted by atomic mass is 79.9. The van der Waals surface area contributed by atoms with Crippen molar-refractivity contribution in [3.8, 4) is 5.75 Å². The molecule has 0 N–H and O–H groups in total. The van der Waals surface area contributed by atoms with Crippen LogP contribution in [0.4, 0.5) is 5.69 Å². The summed E-state index contributed by atoms with van der Waals surface area (Å²) in [5.41, 5.74) is 1.29. The van der Waals surface area contributed by atoms with Crippen molar-refractivity contribution in [2.75, 3.05) is 11.5 Å². The van der Waals surface area contributed by atoms with Crippen molar-refractivity contribution >= 4 is 50.7 Å². The first-order valence-corrected chi connectivity index (χ1v) is 7.29. The van der Waals surface area contributed by atoms with Gasteiger partial charge in [0.05, 0.1) is 12.2 Å². The fourth-order valence-corrected chi connectivity index (χ4v) is 2.75. The number of carbonyl (C=O) groups is 1. The molecule has 5 nitrogen and oxygen atoms in total. The van der Waals surface area contributed by atoms with Gasteiger partial charge in [-0.3, -0.25) is 9.69 Å². The topological polar surface area (TPSA) is 55.3 Å². The van der Waals surface area contributed by atoms with Gasteiger partial charge in [0.25, 0.3) is 5.91 Å². The molecule has 0 bridgehead atoms. The molecule has 1 aliphatic heterocycles. The molecule has 19 heavy (non-hydrogen) atoms. The second kappa shape index (κ2) is 5.07. The number of hydrogen-bond donors (Lipinski definition) is 0. The van der Waals surface area contributed by atoms with Crippen molar-refractivity contribution in [1.82, 2.24) is 9.59 Å². The standard InChI is InChI=1S/C11H7BrClN3O2S/c12-6-1-2-9-8(3-6)16(10(17)5-18-9)4-7-11(13)19-15-14-7/h1-3H,4-5H2. The van der Waals surface area contributed by atoms with Crippen molar-refractivity contribution in [2.24, 2.45) is 0 Å². The number of benzene rings is 1. The zero-order valence-electron chi connectivity index (χ0n) is 9.47. The molecule has 1 aromatic carbocycles. The minimum Gasteiger partial charge on any atom is -0.482 e. The summed E-state index contributed by atoms with van der Waals surface area (Å²) in [4.78, 5) is 13.6. The number of nitrogens with zero attached hydrogens (tertiary/aromatic N) is 3. The summed E-state index contributed by atoms with van der Waals surface area (Å²) in [5, 5.41) is 3.93. The summed E-state index contributed by atoms with van der Waals surface area (Å²) in [6.45, 7) is 0.310. The lowest BCUT2D eigenvalue weighted by molar-refractivity contribution is -0.121. The molecule has 2 aromatic rings. The summed E-state index contributed by atoms with van der Waals surface area (Å²) in [7, 11) is 0. The van der Waals surface area contributed by atoms with E-state index in [1.165, 1.54) is 0 Å². The Bertz CT molecular complexity index is 649. The van der Waals surface area contributed by atoms with Crippen LogP contribution in [-0.2, 0) is 11.3 Å². The van der Waals surface area contributed by atoms with E-state index in [2.05, 4.69) is 25.5 Å². The van der Waals surface area contributed by atoms with Gasteiger partial charge in [-0.05, 0) is 18.2 Å². The number of anilines is 1. The molecule has 0 fully saturated rings. The molecule has 2 heterocycles. The number of amides is 1. The van der Waals surface area contributed by atoms with Crippen LogP contribution in [0, 0.1) is 0 Å². The van der Waals surface area contributed by atoms with Crippen molar-refractivity contribution in [3.05, 3.63) is 32.7 Å². The molecule has 0 radical (unpaired) electrons. The Kier molecular flexibility index (Phi) is 3.42. The Balaban J connectivity index is 1.99. The van der Waals surface area contributed by atoms with Crippen LogP contribution in [0.5, 0.6) is 5.75 Å². The van der Waals surface area contributed by atoms with Crippen LogP contribution in [0.15, 0.2) is 22.7 Å². The molecule has 0 saturated carbocycles. The predicted molar refractivity (Wildman–Crippen MR) is 75.7 cm³/mol. The molecule has 8 heteroatoms. The van der Waals surface area contributed by atoms with Crippen LogP contribution in [0.3, 0.4) is 0 Å². The van der Waals surface area contributed by atoms with Gasteiger partial charge in [-0.1, -0.05) is 32.0 Å². The molecule has 1 aliphatic rings. The highest BCUT2D eigenvalue weighted by Gasteiger charge is 2.27. The lowest BCUT2D eigenvalue weighted by atomic mass is 10.2. The van der Waals surface area contributed by atoms with Crippen molar-refractivity contribution in [1.29, 1.82) is 0 Å². The van der Waals surface area contributed by atoms with Crippen LogP contribution in [-0.4, -0.2) is 22.1 Å². The quantitative estimate of drug-likeness (QED) is 0.826. The molecule has 1 aromatic heterocycles. The molecular formula is C11H7BrClN3O2S. The van der Waals surface area contributed by atoms with Crippen LogP contribution < -0.4 is 9.64 Å². The third-order valence-electron chi connectivity index (χ3n) is 2.68. The Morgan fingerprint density at radius 3 is 3.11 bits per heavy atom. The minimum atomic E-state index is -0.130. The van der Waals surface area contributed by atoms with E-state index < -0.39 is 0 Å². The number of ether oxygens (including phenoxy) is 1. The summed E-state index contributed by atoms with van der Waals surface area (Å²) >= 11 is 10.5. The van der Waals surface area contributed by atoms with Gasteiger partial charge in [0.15, 0.2) is 6.61 Å². The minimum absolute atomic E-state index is 0.0177. The van der Waals surface area contributed by atoms with Crippen molar-refractivity contribution in [3.63, 3.8) is 0 Å². The Labute approximate surface area is 126 Å². The van der Waals surface area contributed by atoms with Crippen LogP contribution >= 0.6 is 39.1 Å². The van der Waals surface area contributed by atoms with E-state index in [9.17, 15) is 4.79 Å². The molecule has 0 atom stereocenters. The number of rotatable bonds is 2. The summed E-state index contributed by atoms with van der Waals surface area (Å²) in [5.74, 6) is 0.539. The highest BCUT2D eigenvalue weighted by molar-refractivity contribution is 9.10. The Morgan fingerprint density at radius 1 is 1.53 bits per heavy atom. The predicted octanol–water partition coefficient (Wildman–Crippen LogP) is 2.88. The summed E-state index contributed by atoms with van der Waals surface area (Å²) < 4.78 is 10.5. The maximum Gasteiger partial charge on any atom is 0.265 e. The number of aromatic nitrogens is 2. The monoisotopic (exact) mass is 359 g/mol. The van der Waals surface area contributed by atoms with Crippen molar-refractivity contribution in [2.45, 2.75) is 6.54 Å². The lowest BCUT2D eigenvalue weighted by Crippen LogP contribution is -2.38. The van der Waals surface area contributed by atoms with E-state index in [1.54, 1.807) is 4.90 Å². The molecule has 98 valence electrons. The van der Waals surface area contributed by atoms with Gasteiger partial charge in [-0.25, -0.2) is 0 Å². The van der Waals surface area contributed by atoms with Gasteiger partial charge < -0.3 is 4.74 Å². The van der Waals surface area contributed by atoms with Gasteiger partial charge in [-0.2, -0.15) is 0 Å². The van der Waals surface area contributed by atoms with E-state index in [1.807, 2.05) is 18.2 Å². The molecule has 0 saturated heterocycles. The zero-order valence-corrected chi connectivity index (χ0v) is 12.6. The molecule has 0 unspecified atom stereocenters. The van der Waals surface area contributed by atoms with Gasteiger partial charge in [0.2, 0.25) is 0 Å². The summed E-state index contributed by atoms with van der Waals surface area (Å²) in [6, 6.07) is 5.52. The smallest absolute Gasteiger partial charge is 0.265 e. The zero-order chi connectivity index (χ0) is 13.4. The summed E-state index contributed by atoms with van der Waals surface area (Å²) in [6.07, 6.45) is 0. The molecule has 1 amide bonds. The number of hydrogen-bond acceptors (Lipinski definition) is 5. The van der Waals surface area contributed by atoms with Crippen LogP contribution in [0.25, 0.3) is 0 Å². The van der Waals surface area contributed by atoms with Crippen molar-refractivity contribution < 1.29 is 9.53 Å². The van der Waals surface area contributed by atoms with Gasteiger partial charge in [0.1, 0.15) is 15.8 Å². The van der Waals surface area contributed by atoms with E-state index in [0.717, 1.165) is 16.0 Å². The second-order valence-electron chi connectivity index (χ2n) is 3.87. The largest absolute Gasteiger partial charge is 0.482 e. The average Bonchev–Trinajstić information content (AvgIpc) is 2.79. The third-order valence-corrected chi connectivity index (χ3v) is 4.16. The average molecular weight is 361 g/mol. The first kappa shape index (κ1) is 12.8. The van der Waals surface area contributed by atoms with Gasteiger partial charge in [0, 0.05) is 16.0 Å². The number of halogens is 2. The lowest BCUT2D eigenvalue weighted by Gasteiger charge is -2.28. The highest BCUT2D eigenvalue weighted by Crippen LogP contribution is 2.35. The maximum atomic E-state index is 12.0. The van der Waals surface area contributed by atoms with Gasteiger partial charge >= 0.3 is 0 Å². The molecule has 0 aliphatic carbocycles. The van der Waals surface area contributed by atoms with Crippen LogP contribution in [0.1, 0.15) is 5.69 Å². The maximum absolute atomic E-state index is 12.0.